The fourth-order valence-corrected chi connectivity index (χ4v) is 2.19. The summed E-state index contributed by atoms with van der Waals surface area (Å²) in [6, 6.07) is 5.95. The molecule has 1 aliphatic rings. The van der Waals surface area contributed by atoms with Crippen LogP contribution in [0.5, 0.6) is 0 Å². The van der Waals surface area contributed by atoms with Gasteiger partial charge in [0.25, 0.3) is 0 Å². The molecular formula is C11H13Cl2N. The van der Waals surface area contributed by atoms with Crippen LogP contribution in [0.1, 0.15) is 17.9 Å². The van der Waals surface area contributed by atoms with Crippen molar-refractivity contribution in [2.45, 2.75) is 12.3 Å². The minimum Gasteiger partial charge on any atom is -0.319 e. The van der Waals surface area contributed by atoms with Crippen molar-refractivity contribution < 1.29 is 0 Å². The maximum Gasteiger partial charge on any atom is 0.0595 e. The highest BCUT2D eigenvalue weighted by Crippen LogP contribution is 2.47. The molecule has 1 nitrogen and oxygen atoms in total. The van der Waals surface area contributed by atoms with Crippen LogP contribution in [-0.2, 0) is 0 Å². The Labute approximate surface area is 94.4 Å². The molecule has 76 valence electrons. The predicted octanol–water partition coefficient (Wildman–Crippen LogP) is 3.32. The van der Waals surface area contributed by atoms with E-state index in [1.165, 1.54) is 12.0 Å². The molecule has 0 spiro atoms. The van der Waals surface area contributed by atoms with Gasteiger partial charge in [-0.1, -0.05) is 29.3 Å². The second-order valence-corrected chi connectivity index (χ2v) is 4.65. The first kappa shape index (κ1) is 10.3. The molecule has 1 aromatic carbocycles. The summed E-state index contributed by atoms with van der Waals surface area (Å²) < 4.78 is 0. The lowest BCUT2D eigenvalue weighted by Gasteiger charge is -2.02. The topological polar surface area (TPSA) is 12.0 Å². The molecule has 1 aliphatic carbocycles. The van der Waals surface area contributed by atoms with Crippen molar-refractivity contribution in [3.05, 3.63) is 33.8 Å². The van der Waals surface area contributed by atoms with Gasteiger partial charge in [0.1, 0.15) is 0 Å². The van der Waals surface area contributed by atoms with Crippen molar-refractivity contribution in [3.8, 4) is 0 Å². The van der Waals surface area contributed by atoms with Gasteiger partial charge in [-0.05, 0) is 49.5 Å². The maximum atomic E-state index is 5.96. The number of benzene rings is 1. The fourth-order valence-electron chi connectivity index (χ4n) is 1.89. The van der Waals surface area contributed by atoms with Gasteiger partial charge in [0.15, 0.2) is 0 Å². The molecule has 3 heteroatoms. The van der Waals surface area contributed by atoms with Crippen LogP contribution < -0.4 is 5.32 Å². The van der Waals surface area contributed by atoms with Crippen molar-refractivity contribution in [1.82, 2.24) is 5.32 Å². The molecule has 1 N–H and O–H groups in total. The van der Waals surface area contributed by atoms with Gasteiger partial charge in [0.2, 0.25) is 0 Å². The van der Waals surface area contributed by atoms with Gasteiger partial charge in [0, 0.05) is 0 Å². The van der Waals surface area contributed by atoms with Gasteiger partial charge in [-0.25, -0.2) is 0 Å². The quantitative estimate of drug-likeness (QED) is 0.839. The number of rotatable bonds is 3. The van der Waals surface area contributed by atoms with Crippen LogP contribution in [0.4, 0.5) is 0 Å². The third-order valence-corrected chi connectivity index (χ3v) is 3.50. The molecule has 0 aliphatic heterocycles. The zero-order chi connectivity index (χ0) is 10.1. The van der Waals surface area contributed by atoms with Gasteiger partial charge in [-0.2, -0.15) is 0 Å². The van der Waals surface area contributed by atoms with E-state index in [0.717, 1.165) is 12.5 Å². The first-order chi connectivity index (χ1) is 6.72. The van der Waals surface area contributed by atoms with Gasteiger partial charge < -0.3 is 5.32 Å². The summed E-state index contributed by atoms with van der Waals surface area (Å²) in [5.41, 5.74) is 1.32. The summed E-state index contributed by atoms with van der Waals surface area (Å²) >= 11 is 11.8. The molecule has 0 saturated heterocycles. The van der Waals surface area contributed by atoms with E-state index in [-0.39, 0.29) is 0 Å². The number of hydrogen-bond acceptors (Lipinski definition) is 1. The SMILES string of the molecule is CNCC1CC1c1ccc(Cl)c(Cl)c1. The van der Waals surface area contributed by atoms with Gasteiger partial charge >= 0.3 is 0 Å². The normalized spacial score (nSPS) is 25.1. The molecule has 14 heavy (non-hydrogen) atoms. The second-order valence-electron chi connectivity index (χ2n) is 3.83. The fraction of sp³-hybridized carbons (Fsp3) is 0.455. The molecule has 1 fully saturated rings. The van der Waals surface area contributed by atoms with Crippen LogP contribution in [0.25, 0.3) is 0 Å². The van der Waals surface area contributed by atoms with Gasteiger partial charge in [0.05, 0.1) is 10.0 Å². The molecule has 2 rings (SSSR count). The first-order valence-corrected chi connectivity index (χ1v) is 5.57. The number of nitrogens with one attached hydrogen (secondary N) is 1. The van der Waals surface area contributed by atoms with Gasteiger partial charge in [-0.3, -0.25) is 0 Å². The van der Waals surface area contributed by atoms with Crippen molar-refractivity contribution in [1.29, 1.82) is 0 Å². The van der Waals surface area contributed by atoms with Crippen LogP contribution in [-0.4, -0.2) is 13.6 Å². The molecule has 0 amide bonds. The Morgan fingerprint density at radius 2 is 2.14 bits per heavy atom. The zero-order valence-corrected chi connectivity index (χ0v) is 9.57. The van der Waals surface area contributed by atoms with Crippen molar-refractivity contribution in [2.24, 2.45) is 5.92 Å². The van der Waals surface area contributed by atoms with Crippen LogP contribution >= 0.6 is 23.2 Å². The summed E-state index contributed by atoms with van der Waals surface area (Å²) in [4.78, 5) is 0. The molecule has 0 bridgehead atoms. The highest BCUT2D eigenvalue weighted by Gasteiger charge is 2.37. The number of halogens is 2. The third-order valence-electron chi connectivity index (χ3n) is 2.76. The highest BCUT2D eigenvalue weighted by atomic mass is 35.5. The summed E-state index contributed by atoms with van der Waals surface area (Å²) in [7, 11) is 1.99. The van der Waals surface area contributed by atoms with Gasteiger partial charge in [-0.15, -0.1) is 0 Å². The second kappa shape index (κ2) is 4.09. The molecule has 2 unspecified atom stereocenters. The van der Waals surface area contributed by atoms with Crippen LogP contribution in [0.3, 0.4) is 0 Å². The largest absolute Gasteiger partial charge is 0.319 e. The van der Waals surface area contributed by atoms with E-state index in [4.69, 9.17) is 23.2 Å². The van der Waals surface area contributed by atoms with E-state index in [1.54, 1.807) is 0 Å². The van der Waals surface area contributed by atoms with E-state index in [2.05, 4.69) is 11.4 Å². The Balaban J connectivity index is 2.08. The lowest BCUT2D eigenvalue weighted by atomic mass is 10.1. The molecule has 0 aromatic heterocycles. The Kier molecular flexibility index (Phi) is 3.01. The highest BCUT2D eigenvalue weighted by molar-refractivity contribution is 6.42. The van der Waals surface area contributed by atoms with Crippen molar-refractivity contribution in [2.75, 3.05) is 13.6 Å². The monoisotopic (exact) mass is 229 g/mol. The van der Waals surface area contributed by atoms with Crippen LogP contribution in [0.15, 0.2) is 18.2 Å². The van der Waals surface area contributed by atoms with E-state index in [0.29, 0.717) is 16.0 Å². The first-order valence-electron chi connectivity index (χ1n) is 4.82. The standard InChI is InChI=1S/C11H13Cl2N/c1-14-6-8-4-9(8)7-2-3-10(12)11(13)5-7/h2-3,5,8-9,14H,4,6H2,1H3. The van der Waals surface area contributed by atoms with Crippen molar-refractivity contribution in [3.63, 3.8) is 0 Å². The van der Waals surface area contributed by atoms with Crippen LogP contribution in [0, 0.1) is 5.92 Å². The van der Waals surface area contributed by atoms with Crippen LogP contribution in [0.2, 0.25) is 10.0 Å². The van der Waals surface area contributed by atoms with Crippen molar-refractivity contribution >= 4 is 23.2 Å². The van der Waals surface area contributed by atoms with E-state index in [1.807, 2.05) is 19.2 Å². The van der Waals surface area contributed by atoms with E-state index < -0.39 is 0 Å². The molecule has 1 saturated carbocycles. The Morgan fingerprint density at radius 1 is 1.36 bits per heavy atom. The Morgan fingerprint density at radius 3 is 2.79 bits per heavy atom. The summed E-state index contributed by atoms with van der Waals surface area (Å²) in [6.45, 7) is 1.09. The minimum atomic E-state index is 0.640. The summed E-state index contributed by atoms with van der Waals surface area (Å²) in [6.07, 6.45) is 1.26. The van der Waals surface area contributed by atoms with E-state index in [9.17, 15) is 0 Å². The average molecular weight is 230 g/mol. The predicted molar refractivity (Wildman–Crippen MR) is 61.2 cm³/mol. The molecular weight excluding hydrogens is 217 g/mol. The summed E-state index contributed by atoms with van der Waals surface area (Å²) in [5.74, 6) is 1.45. The molecule has 2 atom stereocenters. The summed E-state index contributed by atoms with van der Waals surface area (Å²) in [5, 5.41) is 4.50. The maximum absolute atomic E-state index is 5.96. The third kappa shape index (κ3) is 2.05. The lowest BCUT2D eigenvalue weighted by Crippen LogP contribution is -2.10. The van der Waals surface area contributed by atoms with E-state index >= 15 is 0 Å². The Bertz CT molecular complexity index is 338. The zero-order valence-electron chi connectivity index (χ0n) is 8.06. The molecule has 0 radical (unpaired) electrons. The Hall–Kier alpha value is -0.240. The molecule has 0 heterocycles. The molecule has 1 aromatic rings. The number of hydrogen-bond donors (Lipinski definition) is 1. The lowest BCUT2D eigenvalue weighted by molar-refractivity contribution is 0.698. The smallest absolute Gasteiger partial charge is 0.0595 e. The minimum absolute atomic E-state index is 0.640. The average Bonchev–Trinajstić information content (AvgIpc) is 2.90.